The fourth-order valence-corrected chi connectivity index (χ4v) is 3.17. The molecule has 1 unspecified atom stereocenters. The maximum Gasteiger partial charge on any atom is 0.417 e. The average molecular weight is 438 g/mol. The molecule has 32 heavy (non-hydrogen) atoms. The van der Waals surface area contributed by atoms with E-state index < -0.39 is 29.7 Å². The normalized spacial score (nSPS) is 16.0. The van der Waals surface area contributed by atoms with Gasteiger partial charge in [0.1, 0.15) is 11.4 Å². The van der Waals surface area contributed by atoms with Crippen LogP contribution in [0, 0.1) is 5.92 Å². The number of carbonyl (C=O) groups excluding carboxylic acids is 2. The van der Waals surface area contributed by atoms with Crippen LogP contribution in [-0.2, 0) is 9.53 Å². The fourth-order valence-electron chi connectivity index (χ4n) is 3.17. The maximum atomic E-state index is 12.5. The summed E-state index contributed by atoms with van der Waals surface area (Å²) in [5.41, 5.74) is 1.26. The summed E-state index contributed by atoms with van der Waals surface area (Å²) in [6.07, 6.45) is 0.683. The fraction of sp³-hybridized carbons (Fsp3) is 0.292. The molecular formula is C24H26N2O6. The van der Waals surface area contributed by atoms with Gasteiger partial charge >= 0.3 is 18.2 Å². The molecule has 2 N–H and O–H groups in total. The molecule has 0 bridgehead atoms. The van der Waals surface area contributed by atoms with E-state index in [4.69, 9.17) is 9.47 Å². The molecule has 1 aliphatic heterocycles. The first-order chi connectivity index (χ1) is 15.1. The van der Waals surface area contributed by atoms with E-state index >= 15 is 0 Å². The van der Waals surface area contributed by atoms with Crippen molar-refractivity contribution in [2.24, 2.45) is 5.92 Å². The Morgan fingerprint density at radius 3 is 2.28 bits per heavy atom. The van der Waals surface area contributed by atoms with Gasteiger partial charge in [-0.1, -0.05) is 30.3 Å². The van der Waals surface area contributed by atoms with Crippen molar-refractivity contribution in [1.82, 2.24) is 4.90 Å². The lowest BCUT2D eigenvalue weighted by molar-refractivity contribution is -0.142. The van der Waals surface area contributed by atoms with Gasteiger partial charge in [-0.15, -0.1) is 0 Å². The molecule has 2 aromatic rings. The Morgan fingerprint density at radius 1 is 1.03 bits per heavy atom. The summed E-state index contributed by atoms with van der Waals surface area (Å²) in [6.45, 7) is 5.30. The molecule has 0 saturated heterocycles. The van der Waals surface area contributed by atoms with Crippen molar-refractivity contribution in [2.45, 2.75) is 32.8 Å². The minimum absolute atomic E-state index is 0.0404. The summed E-state index contributed by atoms with van der Waals surface area (Å²) in [7, 11) is 0. The molecule has 1 heterocycles. The largest absolute Gasteiger partial charge is 0.481 e. The highest BCUT2D eigenvalue weighted by atomic mass is 16.6. The van der Waals surface area contributed by atoms with E-state index in [-0.39, 0.29) is 13.0 Å². The number of nitrogens with zero attached hydrogens (tertiary/aromatic N) is 1. The number of aliphatic carboxylic acids is 1. The molecule has 1 atom stereocenters. The molecule has 168 valence electrons. The molecule has 2 amide bonds. The minimum atomic E-state index is -0.980. The molecule has 8 heteroatoms. The third kappa shape index (κ3) is 6.34. The molecule has 0 spiro atoms. The Labute approximate surface area is 186 Å². The SMILES string of the molecule is CC(C)(C)OC(=O)N1C=C(c2ccc(NC(=O)Oc3ccccc3)cc2)CC(C(=O)O)C1. The first-order valence-corrected chi connectivity index (χ1v) is 10.2. The molecule has 0 radical (unpaired) electrons. The standard InChI is InChI=1S/C24H26N2O6/c1-24(2,3)32-23(30)26-14-17(13-18(15-26)21(27)28)16-9-11-19(12-10-16)25-22(29)31-20-7-5-4-6-8-20/h4-12,14,18H,13,15H2,1-3H3,(H,25,29)(H,27,28). The van der Waals surface area contributed by atoms with Gasteiger partial charge in [0.05, 0.1) is 5.92 Å². The number of carboxylic acid groups (broad SMARTS) is 1. The zero-order chi connectivity index (χ0) is 23.3. The van der Waals surface area contributed by atoms with Crippen LogP contribution in [-0.4, -0.2) is 40.3 Å². The van der Waals surface area contributed by atoms with E-state index in [1.165, 1.54) is 4.90 Å². The Morgan fingerprint density at radius 2 is 1.69 bits per heavy atom. The molecule has 8 nitrogen and oxygen atoms in total. The quantitative estimate of drug-likeness (QED) is 0.698. The second kappa shape index (κ2) is 9.55. The molecule has 0 saturated carbocycles. The second-order valence-electron chi connectivity index (χ2n) is 8.43. The van der Waals surface area contributed by atoms with Crippen LogP contribution >= 0.6 is 0 Å². The van der Waals surface area contributed by atoms with Crippen LogP contribution in [0.5, 0.6) is 5.75 Å². The lowest BCUT2D eigenvalue weighted by Gasteiger charge is -2.31. The number of amides is 2. The maximum absolute atomic E-state index is 12.5. The molecule has 0 aliphatic carbocycles. The summed E-state index contributed by atoms with van der Waals surface area (Å²) in [4.78, 5) is 37.5. The van der Waals surface area contributed by atoms with Gasteiger partial charge in [0.25, 0.3) is 0 Å². The Hall–Kier alpha value is -3.81. The van der Waals surface area contributed by atoms with Crippen LogP contribution in [0.4, 0.5) is 15.3 Å². The zero-order valence-corrected chi connectivity index (χ0v) is 18.2. The Kier molecular flexibility index (Phi) is 6.82. The molecule has 0 fully saturated rings. The molecule has 1 aliphatic rings. The molecule has 2 aromatic carbocycles. The van der Waals surface area contributed by atoms with E-state index in [1.807, 2.05) is 6.07 Å². The van der Waals surface area contributed by atoms with Gasteiger partial charge in [-0.25, -0.2) is 9.59 Å². The molecule has 3 rings (SSSR count). The number of benzene rings is 2. The smallest absolute Gasteiger partial charge is 0.417 e. The number of nitrogens with one attached hydrogen (secondary N) is 1. The van der Waals surface area contributed by atoms with Crippen molar-refractivity contribution in [3.63, 3.8) is 0 Å². The average Bonchev–Trinajstić information content (AvgIpc) is 2.73. The van der Waals surface area contributed by atoms with Crippen molar-refractivity contribution < 1.29 is 29.0 Å². The summed E-state index contributed by atoms with van der Waals surface area (Å²) in [6, 6.07) is 15.6. The highest BCUT2D eigenvalue weighted by Crippen LogP contribution is 2.30. The van der Waals surface area contributed by atoms with Crippen molar-refractivity contribution in [1.29, 1.82) is 0 Å². The van der Waals surface area contributed by atoms with E-state index in [2.05, 4.69) is 5.32 Å². The van der Waals surface area contributed by atoms with E-state index in [0.717, 1.165) is 5.56 Å². The number of carboxylic acids is 1. The van der Waals surface area contributed by atoms with Crippen LogP contribution in [0.15, 0.2) is 60.8 Å². The van der Waals surface area contributed by atoms with Gasteiger partial charge in [-0.2, -0.15) is 0 Å². The minimum Gasteiger partial charge on any atom is -0.481 e. The second-order valence-corrected chi connectivity index (χ2v) is 8.43. The van der Waals surface area contributed by atoms with Gasteiger partial charge in [-0.3, -0.25) is 15.0 Å². The topological polar surface area (TPSA) is 105 Å². The first-order valence-electron chi connectivity index (χ1n) is 10.2. The van der Waals surface area contributed by atoms with Crippen molar-refractivity contribution in [2.75, 3.05) is 11.9 Å². The Bertz CT molecular complexity index is 1010. The summed E-state index contributed by atoms with van der Waals surface area (Å²) in [5.74, 6) is -1.30. The van der Waals surface area contributed by atoms with E-state index in [9.17, 15) is 19.5 Å². The van der Waals surface area contributed by atoms with Crippen LogP contribution in [0.1, 0.15) is 32.8 Å². The summed E-state index contributed by atoms with van der Waals surface area (Å²) < 4.78 is 10.6. The predicted molar refractivity (Wildman–Crippen MR) is 119 cm³/mol. The van der Waals surface area contributed by atoms with Gasteiger partial charge in [0.2, 0.25) is 0 Å². The van der Waals surface area contributed by atoms with Crippen molar-refractivity contribution in [3.05, 3.63) is 66.4 Å². The third-order valence-electron chi connectivity index (χ3n) is 4.63. The van der Waals surface area contributed by atoms with Crippen molar-refractivity contribution in [3.8, 4) is 5.75 Å². The number of anilines is 1. The summed E-state index contributed by atoms with van der Waals surface area (Å²) in [5, 5.41) is 12.2. The third-order valence-corrected chi connectivity index (χ3v) is 4.63. The lowest BCUT2D eigenvalue weighted by atomic mass is 9.91. The highest BCUT2D eigenvalue weighted by molar-refractivity contribution is 5.87. The van der Waals surface area contributed by atoms with Gasteiger partial charge < -0.3 is 14.6 Å². The number of hydrogen-bond donors (Lipinski definition) is 2. The number of ether oxygens (including phenoxy) is 2. The van der Waals surface area contributed by atoms with Crippen LogP contribution in [0.2, 0.25) is 0 Å². The number of hydrogen-bond acceptors (Lipinski definition) is 5. The predicted octanol–water partition coefficient (Wildman–Crippen LogP) is 4.98. The van der Waals surface area contributed by atoms with E-state index in [1.54, 1.807) is 75.5 Å². The lowest BCUT2D eigenvalue weighted by Crippen LogP contribution is -2.40. The number of allylic oxidation sites excluding steroid dienone is 1. The van der Waals surface area contributed by atoms with Crippen LogP contribution in [0.25, 0.3) is 5.57 Å². The Balaban J connectivity index is 1.72. The highest BCUT2D eigenvalue weighted by Gasteiger charge is 2.31. The van der Waals surface area contributed by atoms with E-state index in [0.29, 0.717) is 17.0 Å². The zero-order valence-electron chi connectivity index (χ0n) is 18.2. The first kappa shape index (κ1) is 22.9. The monoisotopic (exact) mass is 438 g/mol. The van der Waals surface area contributed by atoms with Gasteiger partial charge in [0, 0.05) is 18.4 Å². The van der Waals surface area contributed by atoms with Gasteiger partial charge in [-0.05, 0) is 62.6 Å². The van der Waals surface area contributed by atoms with Crippen LogP contribution in [0.3, 0.4) is 0 Å². The molecule has 0 aromatic heterocycles. The molecular weight excluding hydrogens is 412 g/mol. The number of carbonyl (C=O) groups is 3. The number of rotatable bonds is 4. The van der Waals surface area contributed by atoms with Crippen molar-refractivity contribution >= 4 is 29.4 Å². The van der Waals surface area contributed by atoms with Crippen LogP contribution < -0.4 is 10.1 Å². The van der Waals surface area contributed by atoms with Gasteiger partial charge in [0.15, 0.2) is 0 Å². The summed E-state index contributed by atoms with van der Waals surface area (Å²) >= 11 is 0. The number of para-hydroxylation sites is 1.